The van der Waals surface area contributed by atoms with Crippen molar-refractivity contribution in [1.29, 1.82) is 0 Å². The largest absolute Gasteiger partial charge is 0.383 e. The number of aryl methyl sites for hydroxylation is 2. The van der Waals surface area contributed by atoms with E-state index in [0.717, 1.165) is 25.7 Å². The normalized spacial score (nSPS) is 23.2. The average molecular weight is 536 g/mol. The third-order valence-corrected chi connectivity index (χ3v) is 8.52. The van der Waals surface area contributed by atoms with Gasteiger partial charge in [-0.15, -0.1) is 0 Å². The molecule has 0 saturated heterocycles. The van der Waals surface area contributed by atoms with Gasteiger partial charge in [0, 0.05) is 37.9 Å². The molecule has 3 N–H and O–H groups in total. The molecule has 192 valence electrons. The van der Waals surface area contributed by atoms with Crippen LogP contribution < -0.4 is 15.4 Å². The van der Waals surface area contributed by atoms with Crippen LogP contribution in [0.5, 0.6) is 0 Å². The van der Waals surface area contributed by atoms with E-state index in [9.17, 15) is 17.6 Å². The summed E-state index contributed by atoms with van der Waals surface area (Å²) in [4.78, 5) is 17.4. The molecule has 2 atom stereocenters. The van der Waals surface area contributed by atoms with Crippen molar-refractivity contribution in [2.45, 2.75) is 37.6 Å². The van der Waals surface area contributed by atoms with Crippen LogP contribution in [0.2, 0.25) is 5.02 Å². The summed E-state index contributed by atoms with van der Waals surface area (Å²) in [7, 11) is 0.673. The molecule has 3 aromatic rings. The Hall–Kier alpha value is -3.12. The molecular weight excluding hydrogens is 509 g/mol. The minimum Gasteiger partial charge on any atom is -0.383 e. The fourth-order valence-corrected chi connectivity index (χ4v) is 6.68. The molecule has 0 aliphatic heterocycles. The molecule has 2 heterocycles. The molecule has 2 unspecified atom stereocenters. The van der Waals surface area contributed by atoms with Gasteiger partial charge in [0.2, 0.25) is 10.9 Å². The van der Waals surface area contributed by atoms with Crippen molar-refractivity contribution in [2.75, 3.05) is 15.4 Å². The number of hydrogen-bond donors (Lipinski definition) is 3. The number of carbonyl (C=O) groups excluding carboxylic acids is 1. The summed E-state index contributed by atoms with van der Waals surface area (Å²) in [5.74, 6) is 0.301. The fourth-order valence-electron chi connectivity index (χ4n) is 5.77. The highest BCUT2D eigenvalue weighted by Crippen LogP contribution is 2.52. The van der Waals surface area contributed by atoms with Crippen LogP contribution in [0.1, 0.15) is 47.7 Å². The molecule has 2 aliphatic rings. The molecule has 10 nitrogen and oxygen atoms in total. The summed E-state index contributed by atoms with van der Waals surface area (Å²) in [5, 5.41) is 7.22. The number of fused-ring (bicyclic) bond motifs is 1. The molecule has 0 spiro atoms. The lowest BCUT2D eigenvalue weighted by Crippen LogP contribution is -2.33. The van der Waals surface area contributed by atoms with Gasteiger partial charge in [0.1, 0.15) is 17.2 Å². The van der Waals surface area contributed by atoms with E-state index in [1.165, 1.54) is 27.2 Å². The fraction of sp³-hybridized carbons (Fsp3) is 0.435. The second-order valence-electron chi connectivity index (χ2n) is 9.65. The number of carbonyl (C=O) groups is 1. The first kappa shape index (κ1) is 24.6. The molecule has 2 fully saturated rings. The third kappa shape index (κ3) is 4.43. The van der Waals surface area contributed by atoms with E-state index in [1.807, 2.05) is 0 Å². The predicted molar refractivity (Wildman–Crippen MR) is 135 cm³/mol. The van der Waals surface area contributed by atoms with Crippen LogP contribution in [0, 0.1) is 17.7 Å². The maximum atomic E-state index is 13.5. The number of aromatic nitrogens is 4. The van der Waals surface area contributed by atoms with Crippen LogP contribution in [0.25, 0.3) is 0 Å². The molecule has 2 aromatic heterocycles. The van der Waals surface area contributed by atoms with Crippen molar-refractivity contribution in [3.05, 3.63) is 52.8 Å². The van der Waals surface area contributed by atoms with Crippen molar-refractivity contribution in [1.82, 2.24) is 19.3 Å². The molecule has 0 bridgehead atoms. The van der Waals surface area contributed by atoms with Crippen LogP contribution in [0.15, 0.2) is 30.7 Å². The highest BCUT2D eigenvalue weighted by atomic mass is 35.5. The number of imidazole rings is 1. The van der Waals surface area contributed by atoms with E-state index in [2.05, 4.69) is 15.4 Å². The number of nitrogens with zero attached hydrogens (tertiary/aromatic N) is 5. The van der Waals surface area contributed by atoms with Crippen LogP contribution in [-0.4, -0.2) is 39.7 Å². The number of thiol groups is 1. The summed E-state index contributed by atoms with van der Waals surface area (Å²) >= 11 is 5.85. The molecule has 1 aromatic carbocycles. The van der Waals surface area contributed by atoms with Gasteiger partial charge < -0.3 is 15.6 Å². The Balaban J connectivity index is 1.33. The van der Waals surface area contributed by atoms with Gasteiger partial charge in [0.25, 0.3) is 5.91 Å². The minimum atomic E-state index is -2.82. The van der Waals surface area contributed by atoms with Crippen molar-refractivity contribution in [3.63, 3.8) is 0 Å². The summed E-state index contributed by atoms with van der Waals surface area (Å²) in [6, 6.07) is 3.82. The lowest BCUT2D eigenvalue weighted by atomic mass is 9.95. The number of nitrogens with one attached hydrogen (secondary N) is 1. The van der Waals surface area contributed by atoms with Crippen LogP contribution >= 0.6 is 11.6 Å². The van der Waals surface area contributed by atoms with Crippen molar-refractivity contribution < 1.29 is 17.6 Å². The predicted octanol–water partition coefficient (Wildman–Crippen LogP) is 3.09. The highest BCUT2D eigenvalue weighted by Gasteiger charge is 2.46. The van der Waals surface area contributed by atoms with E-state index in [-0.39, 0.29) is 22.8 Å². The van der Waals surface area contributed by atoms with Gasteiger partial charge in [0.15, 0.2) is 5.82 Å². The van der Waals surface area contributed by atoms with Gasteiger partial charge in [-0.2, -0.15) is 5.10 Å². The number of anilines is 3. The van der Waals surface area contributed by atoms with Gasteiger partial charge in [-0.05, 0) is 55.7 Å². The van der Waals surface area contributed by atoms with Gasteiger partial charge in [-0.1, -0.05) is 11.6 Å². The van der Waals surface area contributed by atoms with Crippen LogP contribution in [0.4, 0.5) is 21.7 Å². The highest BCUT2D eigenvalue weighted by molar-refractivity contribution is 7.74. The zero-order valence-corrected chi connectivity index (χ0v) is 21.4. The molecule has 2 saturated carbocycles. The summed E-state index contributed by atoms with van der Waals surface area (Å²) < 4.78 is 42.3. The van der Waals surface area contributed by atoms with Gasteiger partial charge >= 0.3 is 0 Å². The van der Waals surface area contributed by atoms with Crippen molar-refractivity contribution in [2.24, 2.45) is 25.9 Å². The van der Waals surface area contributed by atoms with E-state index in [0.29, 0.717) is 34.6 Å². The van der Waals surface area contributed by atoms with Crippen molar-refractivity contribution >= 4 is 45.7 Å². The minimum absolute atomic E-state index is 0.0197. The number of rotatable bonds is 6. The summed E-state index contributed by atoms with van der Waals surface area (Å²) in [6.45, 7) is 0. The van der Waals surface area contributed by atoms with E-state index in [4.69, 9.17) is 17.3 Å². The number of nitrogen functional groups attached to an aromatic ring is 1. The Morgan fingerprint density at radius 2 is 1.92 bits per heavy atom. The Labute approximate surface area is 214 Å². The van der Waals surface area contributed by atoms with Gasteiger partial charge in [-0.3, -0.25) is 13.8 Å². The molecule has 36 heavy (non-hydrogen) atoms. The Bertz CT molecular complexity index is 1380. The molecule has 13 heteroatoms. The Kier molecular flexibility index (Phi) is 6.41. The third-order valence-electron chi connectivity index (χ3n) is 7.35. The second-order valence-corrected chi connectivity index (χ2v) is 11.0. The molecule has 5 rings (SSSR count). The van der Waals surface area contributed by atoms with Gasteiger partial charge in [0.05, 0.1) is 17.0 Å². The smallest absolute Gasteiger partial charge is 0.261 e. The molecule has 1 amide bonds. The molecule has 2 aliphatic carbocycles. The van der Waals surface area contributed by atoms with E-state index < -0.39 is 22.6 Å². The first-order valence-corrected chi connectivity index (χ1v) is 13.1. The van der Waals surface area contributed by atoms with Gasteiger partial charge in [-0.25, -0.2) is 17.8 Å². The Morgan fingerprint density at radius 1 is 1.22 bits per heavy atom. The van der Waals surface area contributed by atoms with Crippen LogP contribution in [0.3, 0.4) is 0 Å². The van der Waals surface area contributed by atoms with Crippen molar-refractivity contribution in [3.8, 4) is 0 Å². The summed E-state index contributed by atoms with van der Waals surface area (Å²) in [5.41, 5.74) is 7.51. The lowest BCUT2D eigenvalue weighted by molar-refractivity contribution is 0.102. The lowest BCUT2D eigenvalue weighted by Gasteiger charge is -2.24. The standard InChI is InChI=1S/C23H27ClFN7O3S/c1-30-10-19(27-11-30)32(36(34)35)16-7-12-5-14(6-13(12)8-16)21-20(22(26)31(2)29-21)23(33)28-15-3-4-18(25)17(24)9-15/h3-4,9-14,16,36H,5-8,26H2,1-2H3,(H,28,33). The monoisotopic (exact) mass is 535 g/mol. The zero-order chi connectivity index (χ0) is 25.7. The SMILES string of the molecule is Cn1cnc(N(C2CC3CC(c4nn(C)c(N)c4C(=O)Nc4ccc(F)c(Cl)c4)CC3C2)[SH](=O)=O)c1. The first-order chi connectivity index (χ1) is 17.1. The number of amides is 1. The number of nitrogens with two attached hydrogens (primary N) is 1. The topological polar surface area (TPSA) is 128 Å². The average Bonchev–Trinajstić information content (AvgIpc) is 3.55. The molecular formula is C23H27ClFN7O3S. The summed E-state index contributed by atoms with van der Waals surface area (Å²) in [6.07, 6.45) is 6.30. The second kappa shape index (κ2) is 9.40. The van der Waals surface area contributed by atoms with E-state index in [1.54, 1.807) is 31.2 Å². The van der Waals surface area contributed by atoms with E-state index >= 15 is 0 Å². The number of benzene rings is 1. The molecule has 0 radical (unpaired) electrons. The number of hydrogen-bond acceptors (Lipinski definition) is 6. The zero-order valence-electron chi connectivity index (χ0n) is 19.8. The first-order valence-electron chi connectivity index (χ1n) is 11.6. The quantitative estimate of drug-likeness (QED) is 0.416. The maximum Gasteiger partial charge on any atom is 0.261 e. The maximum absolute atomic E-state index is 13.5. The van der Waals surface area contributed by atoms with Crippen LogP contribution in [-0.2, 0) is 25.0 Å². The Morgan fingerprint density at radius 3 is 2.50 bits per heavy atom. The number of halogens is 2.